The van der Waals surface area contributed by atoms with Gasteiger partial charge < -0.3 is 15.8 Å². The lowest BCUT2D eigenvalue weighted by Crippen LogP contribution is -2.15. The monoisotopic (exact) mass is 296 g/mol. The molecule has 0 radical (unpaired) electrons. The number of carbonyl (C=O) groups is 1. The van der Waals surface area contributed by atoms with Gasteiger partial charge in [0.2, 0.25) is 5.91 Å². The van der Waals surface area contributed by atoms with Crippen molar-refractivity contribution in [2.45, 2.75) is 25.8 Å². The number of methoxy groups -OCH3 is 1. The Hall–Kier alpha value is -2.33. The Bertz CT molecular complexity index is 740. The molecule has 1 amide bonds. The predicted octanol–water partition coefficient (Wildman–Crippen LogP) is 3.11. The van der Waals surface area contributed by atoms with E-state index < -0.39 is 0 Å². The summed E-state index contributed by atoms with van der Waals surface area (Å²) in [4.78, 5) is 12.0. The number of hydrogen-bond acceptors (Lipinski definition) is 3. The summed E-state index contributed by atoms with van der Waals surface area (Å²) in [6, 6.07) is 11.5. The summed E-state index contributed by atoms with van der Waals surface area (Å²) >= 11 is 0. The van der Waals surface area contributed by atoms with Gasteiger partial charge in [0.1, 0.15) is 5.75 Å². The number of ether oxygens (including phenoxy) is 1. The van der Waals surface area contributed by atoms with Crippen LogP contribution in [0.25, 0.3) is 0 Å². The topological polar surface area (TPSA) is 64.3 Å². The molecule has 0 saturated heterocycles. The zero-order chi connectivity index (χ0) is 15.9. The quantitative estimate of drug-likeness (QED) is 0.914. The fraction of sp³-hybridized carbons (Fsp3) is 0.278. The van der Waals surface area contributed by atoms with Gasteiger partial charge in [-0.25, -0.2) is 0 Å². The van der Waals surface area contributed by atoms with E-state index in [2.05, 4.69) is 11.4 Å². The largest absolute Gasteiger partial charge is 0.497 e. The summed E-state index contributed by atoms with van der Waals surface area (Å²) in [6.07, 6.45) is 0. The molecule has 114 valence electrons. The Labute approximate surface area is 130 Å². The summed E-state index contributed by atoms with van der Waals surface area (Å²) < 4.78 is 5.27. The van der Waals surface area contributed by atoms with Crippen LogP contribution in [0.2, 0.25) is 0 Å². The molecule has 2 unspecified atom stereocenters. The molecular formula is C18H20N2O2. The van der Waals surface area contributed by atoms with E-state index in [-0.39, 0.29) is 17.9 Å². The van der Waals surface area contributed by atoms with Crippen LogP contribution in [0.1, 0.15) is 41.1 Å². The Kier molecular flexibility index (Phi) is 3.62. The van der Waals surface area contributed by atoms with Gasteiger partial charge >= 0.3 is 0 Å². The minimum Gasteiger partial charge on any atom is -0.497 e. The zero-order valence-corrected chi connectivity index (χ0v) is 13.0. The second-order valence-corrected chi connectivity index (χ2v) is 5.78. The van der Waals surface area contributed by atoms with Crippen molar-refractivity contribution in [3.63, 3.8) is 0 Å². The van der Waals surface area contributed by atoms with Crippen LogP contribution in [0.4, 0.5) is 5.69 Å². The van der Waals surface area contributed by atoms with Crippen LogP contribution in [-0.4, -0.2) is 13.0 Å². The molecule has 1 heterocycles. The fourth-order valence-electron chi connectivity index (χ4n) is 2.96. The van der Waals surface area contributed by atoms with Gasteiger partial charge in [0, 0.05) is 5.69 Å². The minimum absolute atomic E-state index is 0.0275. The third kappa shape index (κ3) is 2.35. The van der Waals surface area contributed by atoms with Gasteiger partial charge in [-0.3, -0.25) is 4.79 Å². The van der Waals surface area contributed by atoms with E-state index in [0.717, 1.165) is 33.7 Å². The molecule has 22 heavy (non-hydrogen) atoms. The number of aryl methyl sites for hydroxylation is 1. The Balaban J connectivity index is 2.09. The van der Waals surface area contributed by atoms with E-state index in [4.69, 9.17) is 10.5 Å². The van der Waals surface area contributed by atoms with Crippen LogP contribution in [0.15, 0.2) is 36.4 Å². The first-order chi connectivity index (χ1) is 10.5. The molecule has 4 nitrogen and oxygen atoms in total. The molecule has 0 aromatic heterocycles. The molecule has 0 fully saturated rings. The number of carbonyl (C=O) groups excluding carboxylic acids is 1. The summed E-state index contributed by atoms with van der Waals surface area (Å²) in [7, 11) is 1.64. The highest BCUT2D eigenvalue weighted by Crippen LogP contribution is 2.39. The normalized spacial score (nSPS) is 17.8. The number of nitrogens with one attached hydrogen (secondary N) is 1. The van der Waals surface area contributed by atoms with Crippen LogP contribution in [0.5, 0.6) is 5.75 Å². The number of anilines is 1. The lowest BCUT2D eigenvalue weighted by Gasteiger charge is -2.18. The van der Waals surface area contributed by atoms with Gasteiger partial charge in [0.15, 0.2) is 0 Å². The van der Waals surface area contributed by atoms with Crippen LogP contribution >= 0.6 is 0 Å². The Morgan fingerprint density at radius 2 is 2.05 bits per heavy atom. The average molecular weight is 296 g/mol. The van der Waals surface area contributed by atoms with Gasteiger partial charge in [-0.1, -0.05) is 29.8 Å². The molecule has 3 rings (SSSR count). The van der Waals surface area contributed by atoms with E-state index >= 15 is 0 Å². The lowest BCUT2D eigenvalue weighted by molar-refractivity contribution is -0.116. The van der Waals surface area contributed by atoms with Crippen molar-refractivity contribution in [3.8, 4) is 5.75 Å². The number of nitrogens with two attached hydrogens (primary N) is 1. The molecule has 2 aromatic carbocycles. The fourth-order valence-corrected chi connectivity index (χ4v) is 2.96. The molecule has 0 spiro atoms. The second kappa shape index (κ2) is 5.46. The smallest absolute Gasteiger partial charge is 0.231 e. The maximum absolute atomic E-state index is 12.0. The van der Waals surface area contributed by atoms with E-state index in [0.29, 0.717) is 0 Å². The highest BCUT2D eigenvalue weighted by Gasteiger charge is 2.30. The molecule has 1 aliphatic heterocycles. The second-order valence-electron chi connectivity index (χ2n) is 5.78. The molecule has 3 N–H and O–H groups in total. The van der Waals surface area contributed by atoms with Crippen molar-refractivity contribution in [1.82, 2.24) is 0 Å². The Morgan fingerprint density at radius 3 is 2.77 bits per heavy atom. The van der Waals surface area contributed by atoms with E-state index in [9.17, 15) is 4.79 Å². The van der Waals surface area contributed by atoms with Crippen molar-refractivity contribution in [2.75, 3.05) is 12.4 Å². The first-order valence-electron chi connectivity index (χ1n) is 7.36. The van der Waals surface area contributed by atoms with Gasteiger partial charge in [-0.2, -0.15) is 0 Å². The van der Waals surface area contributed by atoms with Crippen molar-refractivity contribution in [1.29, 1.82) is 0 Å². The zero-order valence-electron chi connectivity index (χ0n) is 13.0. The average Bonchev–Trinajstić information content (AvgIpc) is 2.81. The van der Waals surface area contributed by atoms with Gasteiger partial charge in [-0.15, -0.1) is 0 Å². The molecule has 1 aliphatic rings. The highest BCUT2D eigenvalue weighted by atomic mass is 16.5. The lowest BCUT2D eigenvalue weighted by atomic mass is 9.92. The maximum atomic E-state index is 12.0. The molecule has 0 bridgehead atoms. The van der Waals surface area contributed by atoms with Crippen LogP contribution in [-0.2, 0) is 4.79 Å². The van der Waals surface area contributed by atoms with Crippen molar-refractivity contribution >= 4 is 11.6 Å². The number of rotatable bonds is 3. The minimum atomic E-state index is -0.311. The first-order valence-corrected chi connectivity index (χ1v) is 7.36. The van der Waals surface area contributed by atoms with E-state index in [1.807, 2.05) is 44.2 Å². The summed E-state index contributed by atoms with van der Waals surface area (Å²) in [5.41, 5.74) is 11.4. The molecule has 0 saturated carbocycles. The molecular weight excluding hydrogens is 276 g/mol. The molecule has 4 heteroatoms. The maximum Gasteiger partial charge on any atom is 0.231 e. The number of amides is 1. The van der Waals surface area contributed by atoms with Gasteiger partial charge in [0.25, 0.3) is 0 Å². The third-order valence-electron chi connectivity index (χ3n) is 4.24. The third-order valence-corrected chi connectivity index (χ3v) is 4.24. The number of benzene rings is 2. The van der Waals surface area contributed by atoms with E-state index in [1.165, 1.54) is 0 Å². The van der Waals surface area contributed by atoms with Crippen LogP contribution < -0.4 is 15.8 Å². The highest BCUT2D eigenvalue weighted by molar-refractivity contribution is 6.03. The summed E-state index contributed by atoms with van der Waals surface area (Å²) in [6.45, 7) is 3.94. The molecule has 0 aliphatic carbocycles. The SMILES string of the molecule is COc1cccc(C(N)c2cc(C)cc3c2NC(=O)C3C)c1. The molecule has 2 aromatic rings. The van der Waals surface area contributed by atoms with Crippen LogP contribution in [0.3, 0.4) is 0 Å². The standard InChI is InChI=1S/C18H20N2O2/c1-10-7-14-11(2)18(21)20-17(14)15(8-10)16(19)12-5-4-6-13(9-12)22-3/h4-9,11,16H,19H2,1-3H3,(H,20,21). The van der Waals surface area contributed by atoms with Crippen molar-refractivity contribution in [3.05, 3.63) is 58.7 Å². The van der Waals surface area contributed by atoms with Crippen molar-refractivity contribution < 1.29 is 9.53 Å². The number of fused-ring (bicyclic) bond motifs is 1. The van der Waals surface area contributed by atoms with Gasteiger partial charge in [0.05, 0.1) is 19.1 Å². The Morgan fingerprint density at radius 1 is 1.27 bits per heavy atom. The number of hydrogen-bond donors (Lipinski definition) is 2. The predicted molar refractivity (Wildman–Crippen MR) is 87.2 cm³/mol. The van der Waals surface area contributed by atoms with E-state index in [1.54, 1.807) is 7.11 Å². The molecule has 2 atom stereocenters. The summed E-state index contributed by atoms with van der Waals surface area (Å²) in [5, 5.41) is 2.97. The summed E-state index contributed by atoms with van der Waals surface area (Å²) in [5.74, 6) is 0.667. The first kappa shape index (κ1) is 14.6. The van der Waals surface area contributed by atoms with Gasteiger partial charge in [-0.05, 0) is 42.7 Å². The van der Waals surface area contributed by atoms with Crippen molar-refractivity contribution in [2.24, 2.45) is 5.73 Å². The van der Waals surface area contributed by atoms with Crippen LogP contribution in [0, 0.1) is 6.92 Å².